The lowest BCUT2D eigenvalue weighted by molar-refractivity contribution is 0.156. The second kappa shape index (κ2) is 5.42. The maximum Gasteiger partial charge on any atom is 0.321 e. The minimum Gasteiger partial charge on any atom is -0.324 e. The normalized spacial score (nSPS) is 23.8. The number of nitrogens with one attached hydrogen (secondary N) is 1. The van der Waals surface area contributed by atoms with Gasteiger partial charge in [0.25, 0.3) is 0 Å². The number of benzene rings is 1. The maximum absolute atomic E-state index is 12.2. The van der Waals surface area contributed by atoms with Gasteiger partial charge in [0, 0.05) is 18.8 Å². The highest BCUT2D eigenvalue weighted by molar-refractivity contribution is 5.89. The molecule has 0 bridgehead atoms. The molecule has 1 saturated heterocycles. The predicted molar refractivity (Wildman–Crippen MR) is 74.7 cm³/mol. The molecule has 2 rings (SSSR count). The number of aryl methyl sites for hydroxylation is 1. The van der Waals surface area contributed by atoms with Crippen molar-refractivity contribution in [3.63, 3.8) is 0 Å². The zero-order chi connectivity index (χ0) is 13.1. The molecule has 2 unspecified atom stereocenters. The SMILES string of the molecule is Cc1cccc(NC(=O)N2CC(C)CC(C)C2)c1. The van der Waals surface area contributed by atoms with Gasteiger partial charge in [-0.1, -0.05) is 26.0 Å². The average molecular weight is 246 g/mol. The van der Waals surface area contributed by atoms with Crippen molar-refractivity contribution in [1.29, 1.82) is 0 Å². The number of amides is 2. The molecule has 98 valence electrons. The van der Waals surface area contributed by atoms with Gasteiger partial charge in [-0.2, -0.15) is 0 Å². The van der Waals surface area contributed by atoms with E-state index in [2.05, 4.69) is 19.2 Å². The average Bonchev–Trinajstić information content (AvgIpc) is 2.27. The lowest BCUT2D eigenvalue weighted by atomic mass is 9.92. The van der Waals surface area contributed by atoms with E-state index in [1.54, 1.807) is 0 Å². The van der Waals surface area contributed by atoms with E-state index in [1.165, 1.54) is 6.42 Å². The summed E-state index contributed by atoms with van der Waals surface area (Å²) in [5, 5.41) is 2.98. The van der Waals surface area contributed by atoms with Gasteiger partial charge in [-0.3, -0.25) is 0 Å². The minimum atomic E-state index is 0.0269. The largest absolute Gasteiger partial charge is 0.324 e. The predicted octanol–water partition coefficient (Wildman–Crippen LogP) is 3.50. The highest BCUT2D eigenvalue weighted by Gasteiger charge is 2.25. The molecule has 3 nitrogen and oxygen atoms in total. The number of carbonyl (C=O) groups excluding carboxylic acids is 1. The molecule has 3 heteroatoms. The summed E-state index contributed by atoms with van der Waals surface area (Å²) in [6.07, 6.45) is 1.22. The van der Waals surface area contributed by atoms with Gasteiger partial charge >= 0.3 is 6.03 Å². The van der Waals surface area contributed by atoms with E-state index >= 15 is 0 Å². The van der Waals surface area contributed by atoms with Crippen LogP contribution in [0.5, 0.6) is 0 Å². The number of hydrogen-bond acceptors (Lipinski definition) is 1. The molecule has 1 fully saturated rings. The third-order valence-corrected chi connectivity index (χ3v) is 3.43. The van der Waals surface area contributed by atoms with Crippen LogP contribution in [0.4, 0.5) is 10.5 Å². The number of urea groups is 1. The van der Waals surface area contributed by atoms with E-state index < -0.39 is 0 Å². The van der Waals surface area contributed by atoms with Crippen molar-refractivity contribution in [3.8, 4) is 0 Å². The van der Waals surface area contributed by atoms with Crippen LogP contribution in [0.15, 0.2) is 24.3 Å². The Bertz CT molecular complexity index is 420. The number of piperidine rings is 1. The third kappa shape index (κ3) is 3.25. The quantitative estimate of drug-likeness (QED) is 0.808. The highest BCUT2D eigenvalue weighted by Crippen LogP contribution is 2.21. The standard InChI is InChI=1S/C15H22N2O/c1-11-5-4-6-14(8-11)16-15(18)17-9-12(2)7-13(3)10-17/h4-6,8,12-13H,7,9-10H2,1-3H3,(H,16,18). The van der Waals surface area contributed by atoms with Crippen LogP contribution in [0, 0.1) is 18.8 Å². The van der Waals surface area contributed by atoms with E-state index in [-0.39, 0.29) is 6.03 Å². The van der Waals surface area contributed by atoms with Crippen molar-refractivity contribution in [2.75, 3.05) is 18.4 Å². The maximum atomic E-state index is 12.2. The first-order chi connectivity index (χ1) is 8.54. The van der Waals surface area contributed by atoms with Gasteiger partial charge in [0.1, 0.15) is 0 Å². The summed E-state index contributed by atoms with van der Waals surface area (Å²) in [6, 6.07) is 7.95. The van der Waals surface area contributed by atoms with Crippen molar-refractivity contribution in [1.82, 2.24) is 4.90 Å². The first kappa shape index (κ1) is 12.9. The molecule has 2 amide bonds. The van der Waals surface area contributed by atoms with Crippen LogP contribution in [-0.4, -0.2) is 24.0 Å². The van der Waals surface area contributed by atoms with Crippen LogP contribution < -0.4 is 5.32 Å². The fourth-order valence-corrected chi connectivity index (χ4v) is 2.75. The zero-order valence-electron chi connectivity index (χ0n) is 11.4. The number of anilines is 1. The molecule has 1 aromatic carbocycles. The molecule has 2 atom stereocenters. The van der Waals surface area contributed by atoms with Crippen LogP contribution in [0.3, 0.4) is 0 Å². The summed E-state index contributed by atoms with van der Waals surface area (Å²) in [5.41, 5.74) is 2.04. The summed E-state index contributed by atoms with van der Waals surface area (Å²) < 4.78 is 0. The minimum absolute atomic E-state index is 0.0269. The highest BCUT2D eigenvalue weighted by atomic mass is 16.2. The lowest BCUT2D eigenvalue weighted by Gasteiger charge is -2.34. The zero-order valence-corrected chi connectivity index (χ0v) is 11.4. The molecular weight excluding hydrogens is 224 g/mol. The molecular formula is C15H22N2O. The Hall–Kier alpha value is -1.51. The molecule has 0 spiro atoms. The fraction of sp³-hybridized carbons (Fsp3) is 0.533. The van der Waals surface area contributed by atoms with E-state index in [9.17, 15) is 4.79 Å². The first-order valence-corrected chi connectivity index (χ1v) is 6.67. The summed E-state index contributed by atoms with van der Waals surface area (Å²) in [4.78, 5) is 14.1. The molecule has 1 N–H and O–H groups in total. The second-order valence-corrected chi connectivity index (χ2v) is 5.65. The molecule has 0 aliphatic carbocycles. The van der Waals surface area contributed by atoms with Crippen molar-refractivity contribution < 1.29 is 4.79 Å². The Morgan fingerprint density at radius 3 is 2.56 bits per heavy atom. The summed E-state index contributed by atoms with van der Waals surface area (Å²) in [6.45, 7) is 8.18. The van der Waals surface area contributed by atoms with E-state index in [1.807, 2.05) is 36.1 Å². The van der Waals surface area contributed by atoms with E-state index in [0.717, 1.165) is 24.3 Å². The van der Waals surface area contributed by atoms with Crippen LogP contribution in [-0.2, 0) is 0 Å². The Labute approximate surface area is 109 Å². The smallest absolute Gasteiger partial charge is 0.321 e. The van der Waals surface area contributed by atoms with Crippen molar-refractivity contribution in [2.24, 2.45) is 11.8 Å². The third-order valence-electron chi connectivity index (χ3n) is 3.43. The number of rotatable bonds is 1. The van der Waals surface area contributed by atoms with Gasteiger partial charge in [0.15, 0.2) is 0 Å². The van der Waals surface area contributed by atoms with Gasteiger partial charge < -0.3 is 10.2 Å². The molecule has 0 radical (unpaired) electrons. The van der Waals surface area contributed by atoms with Gasteiger partial charge in [-0.05, 0) is 42.9 Å². The molecule has 18 heavy (non-hydrogen) atoms. The lowest BCUT2D eigenvalue weighted by Crippen LogP contribution is -2.44. The number of likely N-dealkylation sites (tertiary alicyclic amines) is 1. The number of nitrogens with zero attached hydrogens (tertiary/aromatic N) is 1. The van der Waals surface area contributed by atoms with E-state index in [4.69, 9.17) is 0 Å². The Balaban J connectivity index is 1.99. The second-order valence-electron chi connectivity index (χ2n) is 5.65. The Kier molecular flexibility index (Phi) is 3.90. The monoisotopic (exact) mass is 246 g/mol. The van der Waals surface area contributed by atoms with Crippen molar-refractivity contribution in [2.45, 2.75) is 27.2 Å². The first-order valence-electron chi connectivity index (χ1n) is 6.67. The number of hydrogen-bond donors (Lipinski definition) is 1. The van der Waals surface area contributed by atoms with Gasteiger partial charge in [0.05, 0.1) is 0 Å². The Morgan fingerprint density at radius 1 is 1.28 bits per heavy atom. The van der Waals surface area contributed by atoms with Crippen molar-refractivity contribution in [3.05, 3.63) is 29.8 Å². The summed E-state index contributed by atoms with van der Waals surface area (Å²) in [7, 11) is 0. The van der Waals surface area contributed by atoms with Crippen molar-refractivity contribution >= 4 is 11.7 Å². The van der Waals surface area contributed by atoms with Gasteiger partial charge in [-0.15, -0.1) is 0 Å². The van der Waals surface area contributed by atoms with Gasteiger partial charge in [-0.25, -0.2) is 4.79 Å². The van der Waals surface area contributed by atoms with Crippen LogP contribution in [0.2, 0.25) is 0 Å². The topological polar surface area (TPSA) is 32.3 Å². The molecule has 1 aliphatic heterocycles. The summed E-state index contributed by atoms with van der Waals surface area (Å²) in [5.74, 6) is 1.19. The van der Waals surface area contributed by atoms with Crippen LogP contribution in [0.1, 0.15) is 25.8 Å². The van der Waals surface area contributed by atoms with Crippen LogP contribution >= 0.6 is 0 Å². The van der Waals surface area contributed by atoms with Crippen LogP contribution in [0.25, 0.3) is 0 Å². The summed E-state index contributed by atoms with van der Waals surface area (Å²) >= 11 is 0. The van der Waals surface area contributed by atoms with Gasteiger partial charge in [0.2, 0.25) is 0 Å². The molecule has 1 aromatic rings. The Morgan fingerprint density at radius 2 is 1.94 bits per heavy atom. The fourth-order valence-electron chi connectivity index (χ4n) is 2.75. The van der Waals surface area contributed by atoms with E-state index in [0.29, 0.717) is 11.8 Å². The molecule has 0 aromatic heterocycles. The molecule has 1 heterocycles. The number of carbonyl (C=O) groups is 1. The molecule has 1 aliphatic rings. The molecule has 0 saturated carbocycles.